The Labute approximate surface area is 192 Å². The van der Waals surface area contributed by atoms with Gasteiger partial charge in [-0.2, -0.15) is 0 Å². The molecular formula is C26H28N2O5. The monoisotopic (exact) mass is 448 g/mol. The van der Waals surface area contributed by atoms with E-state index in [2.05, 4.69) is 5.32 Å². The van der Waals surface area contributed by atoms with Crippen molar-refractivity contribution in [1.29, 1.82) is 0 Å². The maximum Gasteiger partial charge on any atom is 0.340 e. The predicted molar refractivity (Wildman–Crippen MR) is 125 cm³/mol. The summed E-state index contributed by atoms with van der Waals surface area (Å²) in [5, 5.41) is 3.64. The SMILES string of the molecule is Cc1c(Cc2ccccc2)c(=O)oc2cc(OCC(=O)NCCCN3CCCC3=O)ccc12. The van der Waals surface area contributed by atoms with E-state index in [9.17, 15) is 14.4 Å². The molecule has 0 unspecified atom stereocenters. The lowest BCUT2D eigenvalue weighted by Crippen LogP contribution is -2.33. The highest BCUT2D eigenvalue weighted by Gasteiger charge is 2.19. The zero-order chi connectivity index (χ0) is 23.2. The zero-order valence-corrected chi connectivity index (χ0v) is 18.8. The quantitative estimate of drug-likeness (QED) is 0.401. The molecule has 0 saturated carbocycles. The van der Waals surface area contributed by atoms with E-state index in [0.717, 1.165) is 29.5 Å². The first-order valence-corrected chi connectivity index (χ1v) is 11.3. The third kappa shape index (κ3) is 5.61. The molecule has 1 aliphatic rings. The van der Waals surface area contributed by atoms with Crippen molar-refractivity contribution in [3.8, 4) is 5.75 Å². The molecule has 4 rings (SSSR count). The number of hydrogen-bond donors (Lipinski definition) is 1. The molecule has 1 aliphatic heterocycles. The van der Waals surface area contributed by atoms with Crippen LogP contribution >= 0.6 is 0 Å². The van der Waals surface area contributed by atoms with E-state index in [4.69, 9.17) is 9.15 Å². The van der Waals surface area contributed by atoms with Gasteiger partial charge in [0.1, 0.15) is 11.3 Å². The molecule has 1 N–H and O–H groups in total. The molecule has 2 heterocycles. The van der Waals surface area contributed by atoms with Crippen LogP contribution in [0.2, 0.25) is 0 Å². The van der Waals surface area contributed by atoms with Gasteiger partial charge >= 0.3 is 5.63 Å². The normalized spacial score (nSPS) is 13.5. The summed E-state index contributed by atoms with van der Waals surface area (Å²) in [6.07, 6.45) is 2.76. The highest BCUT2D eigenvalue weighted by atomic mass is 16.5. The van der Waals surface area contributed by atoms with E-state index < -0.39 is 0 Å². The largest absolute Gasteiger partial charge is 0.484 e. The predicted octanol–water partition coefficient (Wildman–Crippen LogP) is 3.20. The third-order valence-electron chi connectivity index (χ3n) is 5.95. The molecule has 2 amide bonds. The Morgan fingerprint density at radius 2 is 1.97 bits per heavy atom. The Morgan fingerprint density at radius 1 is 1.15 bits per heavy atom. The van der Waals surface area contributed by atoms with Crippen molar-refractivity contribution in [1.82, 2.24) is 10.2 Å². The first kappa shape index (κ1) is 22.6. The molecule has 0 atom stereocenters. The van der Waals surface area contributed by atoms with Crippen LogP contribution in [0.15, 0.2) is 57.7 Å². The van der Waals surface area contributed by atoms with Crippen LogP contribution in [0.5, 0.6) is 5.75 Å². The lowest BCUT2D eigenvalue weighted by atomic mass is 10.00. The zero-order valence-electron chi connectivity index (χ0n) is 18.8. The Balaban J connectivity index is 1.33. The van der Waals surface area contributed by atoms with Gasteiger partial charge in [0.05, 0.1) is 0 Å². The number of ether oxygens (including phenoxy) is 1. The molecule has 1 saturated heterocycles. The Hall–Kier alpha value is -3.61. The number of amides is 2. The van der Waals surface area contributed by atoms with Gasteiger partial charge in [0.15, 0.2) is 6.61 Å². The fraction of sp³-hybridized carbons (Fsp3) is 0.346. The van der Waals surface area contributed by atoms with Crippen LogP contribution < -0.4 is 15.7 Å². The fourth-order valence-corrected chi connectivity index (χ4v) is 4.11. The van der Waals surface area contributed by atoms with Crippen LogP contribution in [0.1, 0.15) is 36.0 Å². The van der Waals surface area contributed by atoms with Crippen molar-refractivity contribution >= 4 is 22.8 Å². The van der Waals surface area contributed by atoms with Crippen molar-refractivity contribution in [3.05, 3.63) is 75.6 Å². The molecule has 1 aromatic heterocycles. The fourth-order valence-electron chi connectivity index (χ4n) is 4.11. The third-order valence-corrected chi connectivity index (χ3v) is 5.95. The summed E-state index contributed by atoms with van der Waals surface area (Å²) in [6, 6.07) is 15.1. The Morgan fingerprint density at radius 3 is 2.73 bits per heavy atom. The standard InChI is InChI=1S/C26H28N2O5/c1-18-21-11-10-20(32-17-24(29)27-12-6-14-28-13-5-9-25(28)30)16-23(21)33-26(31)22(18)15-19-7-3-2-4-8-19/h2-4,7-8,10-11,16H,5-6,9,12-15,17H2,1H3,(H,27,29). The molecule has 0 spiro atoms. The Kier molecular flexibility index (Phi) is 7.07. The van der Waals surface area contributed by atoms with Crippen LogP contribution in [0.4, 0.5) is 0 Å². The maximum atomic E-state index is 12.6. The van der Waals surface area contributed by atoms with E-state index >= 15 is 0 Å². The van der Waals surface area contributed by atoms with E-state index in [0.29, 0.717) is 49.2 Å². The smallest absolute Gasteiger partial charge is 0.340 e. The van der Waals surface area contributed by atoms with Crippen molar-refractivity contribution in [3.63, 3.8) is 0 Å². The summed E-state index contributed by atoms with van der Waals surface area (Å²) in [4.78, 5) is 38.1. The number of fused-ring (bicyclic) bond motifs is 1. The molecule has 172 valence electrons. The topological polar surface area (TPSA) is 88.8 Å². The second-order valence-electron chi connectivity index (χ2n) is 8.29. The first-order chi connectivity index (χ1) is 16.0. The number of likely N-dealkylation sites (tertiary alicyclic amines) is 1. The maximum absolute atomic E-state index is 12.6. The molecule has 0 aliphatic carbocycles. The number of benzene rings is 2. The van der Waals surface area contributed by atoms with Gasteiger partial charge in [-0.05, 0) is 43.0 Å². The van der Waals surface area contributed by atoms with E-state index in [1.54, 1.807) is 12.1 Å². The molecule has 33 heavy (non-hydrogen) atoms. The summed E-state index contributed by atoms with van der Waals surface area (Å²) >= 11 is 0. The van der Waals surface area contributed by atoms with Gasteiger partial charge in [0, 0.05) is 49.5 Å². The highest BCUT2D eigenvalue weighted by Crippen LogP contribution is 2.25. The van der Waals surface area contributed by atoms with Gasteiger partial charge in [-0.15, -0.1) is 0 Å². The number of carbonyl (C=O) groups is 2. The lowest BCUT2D eigenvalue weighted by Gasteiger charge is -2.15. The van der Waals surface area contributed by atoms with Crippen LogP contribution in [0.25, 0.3) is 11.0 Å². The van der Waals surface area contributed by atoms with Gasteiger partial charge in [-0.1, -0.05) is 30.3 Å². The average Bonchev–Trinajstić information content (AvgIpc) is 3.23. The van der Waals surface area contributed by atoms with E-state index in [-0.39, 0.29) is 24.0 Å². The minimum atomic E-state index is -0.366. The van der Waals surface area contributed by atoms with E-state index in [1.165, 1.54) is 0 Å². The van der Waals surface area contributed by atoms with Crippen molar-refractivity contribution in [2.45, 2.75) is 32.6 Å². The van der Waals surface area contributed by atoms with Gasteiger partial charge in [0.25, 0.3) is 5.91 Å². The Bertz CT molecular complexity index is 1200. The van der Waals surface area contributed by atoms with E-state index in [1.807, 2.05) is 48.2 Å². The highest BCUT2D eigenvalue weighted by molar-refractivity contribution is 5.83. The second-order valence-corrected chi connectivity index (χ2v) is 8.29. The minimum Gasteiger partial charge on any atom is -0.484 e. The summed E-state index contributed by atoms with van der Waals surface area (Å²) in [6.45, 7) is 3.74. The van der Waals surface area contributed by atoms with Gasteiger partial charge in [-0.3, -0.25) is 9.59 Å². The van der Waals surface area contributed by atoms with Crippen LogP contribution in [-0.2, 0) is 16.0 Å². The summed E-state index contributed by atoms with van der Waals surface area (Å²) in [5.74, 6) is 0.410. The average molecular weight is 449 g/mol. The number of hydrogen-bond acceptors (Lipinski definition) is 5. The molecule has 7 nitrogen and oxygen atoms in total. The van der Waals surface area contributed by atoms with Crippen molar-refractivity contribution in [2.75, 3.05) is 26.2 Å². The molecule has 7 heteroatoms. The molecule has 1 fully saturated rings. The lowest BCUT2D eigenvalue weighted by molar-refractivity contribution is -0.127. The summed E-state index contributed by atoms with van der Waals surface area (Å²) in [7, 11) is 0. The minimum absolute atomic E-state index is 0.135. The van der Waals surface area contributed by atoms with Crippen molar-refractivity contribution < 1.29 is 18.7 Å². The van der Waals surface area contributed by atoms with Gasteiger partial charge in [-0.25, -0.2) is 4.79 Å². The number of aryl methyl sites for hydroxylation is 1. The van der Waals surface area contributed by atoms with Crippen molar-refractivity contribution in [2.24, 2.45) is 0 Å². The van der Waals surface area contributed by atoms with Gasteiger partial charge in [0.2, 0.25) is 5.91 Å². The summed E-state index contributed by atoms with van der Waals surface area (Å²) < 4.78 is 11.2. The number of rotatable bonds is 9. The van der Waals surface area contributed by atoms with Crippen LogP contribution in [0.3, 0.4) is 0 Å². The molecule has 0 radical (unpaired) electrons. The number of nitrogens with zero attached hydrogens (tertiary/aromatic N) is 1. The number of nitrogens with one attached hydrogen (secondary N) is 1. The second kappa shape index (κ2) is 10.3. The molecular weight excluding hydrogens is 420 g/mol. The number of carbonyl (C=O) groups excluding carboxylic acids is 2. The van der Waals surface area contributed by atoms with Crippen LogP contribution in [0, 0.1) is 6.92 Å². The molecule has 0 bridgehead atoms. The molecule has 3 aromatic rings. The summed E-state index contributed by atoms with van der Waals surface area (Å²) in [5.41, 5.74) is 2.63. The first-order valence-electron chi connectivity index (χ1n) is 11.3. The molecule has 2 aromatic carbocycles. The van der Waals surface area contributed by atoms with Gasteiger partial charge < -0.3 is 19.4 Å². The van der Waals surface area contributed by atoms with Crippen LogP contribution in [-0.4, -0.2) is 43.0 Å².